The van der Waals surface area contributed by atoms with Gasteiger partial charge in [0.25, 0.3) is 0 Å². The highest BCUT2D eigenvalue weighted by atomic mass is 16.5. The zero-order valence-electron chi connectivity index (χ0n) is 17.9. The summed E-state index contributed by atoms with van der Waals surface area (Å²) in [4.78, 5) is 29.5. The fourth-order valence-corrected chi connectivity index (χ4v) is 3.58. The van der Waals surface area contributed by atoms with Gasteiger partial charge in [-0.1, -0.05) is 42.0 Å². The third-order valence-electron chi connectivity index (χ3n) is 5.46. The molecule has 0 bridgehead atoms. The number of hydrogen-bond donors (Lipinski definition) is 2. The summed E-state index contributed by atoms with van der Waals surface area (Å²) in [7, 11) is 3.63. The number of hydrogen-bond acceptors (Lipinski definition) is 5. The predicted octanol–water partition coefficient (Wildman–Crippen LogP) is 2.05. The molecular weight excluding hydrogens is 380 g/mol. The number of piperazine rings is 1. The number of likely N-dealkylation sites (N-methyl/N-ethyl adjacent to an activating group) is 1. The second-order valence-electron chi connectivity index (χ2n) is 7.63. The highest BCUT2D eigenvalue weighted by molar-refractivity contribution is 6.39. The number of amides is 2. The van der Waals surface area contributed by atoms with Crippen LogP contribution in [0.15, 0.2) is 48.5 Å². The normalized spacial score (nSPS) is 16.0. The summed E-state index contributed by atoms with van der Waals surface area (Å²) in [6.45, 7) is 6.20. The van der Waals surface area contributed by atoms with E-state index in [-0.39, 0.29) is 6.04 Å². The molecule has 1 fully saturated rings. The molecular formula is C23H30N4O3. The molecule has 2 N–H and O–H groups in total. The number of ether oxygens (including phenoxy) is 1. The van der Waals surface area contributed by atoms with Crippen LogP contribution in [0.4, 0.5) is 5.69 Å². The van der Waals surface area contributed by atoms with Crippen molar-refractivity contribution < 1.29 is 14.3 Å². The fourth-order valence-electron chi connectivity index (χ4n) is 3.58. The molecule has 0 saturated carbocycles. The molecule has 1 aliphatic rings. The monoisotopic (exact) mass is 410 g/mol. The number of nitrogens with zero attached hydrogens (tertiary/aromatic N) is 2. The Balaban J connectivity index is 1.66. The van der Waals surface area contributed by atoms with Crippen LogP contribution in [0.25, 0.3) is 0 Å². The minimum absolute atomic E-state index is 0.0160. The van der Waals surface area contributed by atoms with Crippen LogP contribution < -0.4 is 15.4 Å². The van der Waals surface area contributed by atoms with Crippen molar-refractivity contribution >= 4 is 17.5 Å². The van der Waals surface area contributed by atoms with E-state index in [1.54, 1.807) is 24.3 Å². The van der Waals surface area contributed by atoms with Crippen LogP contribution in [0, 0.1) is 6.92 Å². The van der Waals surface area contributed by atoms with E-state index in [9.17, 15) is 9.59 Å². The van der Waals surface area contributed by atoms with Gasteiger partial charge in [-0.05, 0) is 31.7 Å². The summed E-state index contributed by atoms with van der Waals surface area (Å²) in [5.41, 5.74) is 2.79. The lowest BCUT2D eigenvalue weighted by Gasteiger charge is -2.38. The highest BCUT2D eigenvalue weighted by Crippen LogP contribution is 2.24. The van der Waals surface area contributed by atoms with Gasteiger partial charge in [-0.15, -0.1) is 0 Å². The topological polar surface area (TPSA) is 73.9 Å². The average molecular weight is 411 g/mol. The van der Waals surface area contributed by atoms with Crippen molar-refractivity contribution in [3.63, 3.8) is 0 Å². The lowest BCUT2D eigenvalue weighted by Crippen LogP contribution is -2.49. The van der Waals surface area contributed by atoms with Crippen LogP contribution in [0.1, 0.15) is 17.2 Å². The van der Waals surface area contributed by atoms with Crippen molar-refractivity contribution in [2.24, 2.45) is 0 Å². The maximum absolute atomic E-state index is 12.5. The second-order valence-corrected chi connectivity index (χ2v) is 7.63. The quantitative estimate of drug-likeness (QED) is 0.713. The zero-order valence-corrected chi connectivity index (χ0v) is 17.9. The largest absolute Gasteiger partial charge is 0.495 e. The van der Waals surface area contributed by atoms with Gasteiger partial charge in [-0.25, -0.2) is 0 Å². The number of benzene rings is 2. The van der Waals surface area contributed by atoms with Gasteiger partial charge in [0.15, 0.2) is 0 Å². The number of carbonyl (C=O) groups excluding carboxylic acids is 2. The molecule has 7 nitrogen and oxygen atoms in total. The summed E-state index contributed by atoms with van der Waals surface area (Å²) in [5.74, 6) is -0.860. The number of aryl methyl sites for hydroxylation is 1. The van der Waals surface area contributed by atoms with Gasteiger partial charge in [0, 0.05) is 32.7 Å². The van der Waals surface area contributed by atoms with Crippen molar-refractivity contribution in [1.82, 2.24) is 15.1 Å². The second kappa shape index (κ2) is 10.2. The van der Waals surface area contributed by atoms with Crippen LogP contribution in [0.5, 0.6) is 5.75 Å². The summed E-state index contributed by atoms with van der Waals surface area (Å²) in [6, 6.07) is 15.4. The Morgan fingerprint density at radius 1 is 1.00 bits per heavy atom. The van der Waals surface area contributed by atoms with Crippen molar-refractivity contribution in [3.05, 3.63) is 59.7 Å². The summed E-state index contributed by atoms with van der Waals surface area (Å²) >= 11 is 0. The van der Waals surface area contributed by atoms with Gasteiger partial charge in [0.05, 0.1) is 18.8 Å². The SMILES string of the molecule is COc1ccccc1NC(=O)C(=O)NC[C@@H](c1ccc(C)cc1)N1CCN(C)CC1. The number of nitrogens with one attached hydrogen (secondary N) is 2. The Bertz CT molecular complexity index is 861. The van der Waals surface area contributed by atoms with E-state index in [0.717, 1.165) is 31.7 Å². The molecule has 2 amide bonds. The van der Waals surface area contributed by atoms with E-state index in [0.29, 0.717) is 18.0 Å². The Morgan fingerprint density at radius 3 is 2.33 bits per heavy atom. The molecule has 1 heterocycles. The van der Waals surface area contributed by atoms with E-state index < -0.39 is 11.8 Å². The first-order valence-corrected chi connectivity index (χ1v) is 10.2. The molecule has 7 heteroatoms. The van der Waals surface area contributed by atoms with Crippen molar-refractivity contribution in [3.8, 4) is 5.75 Å². The third-order valence-corrected chi connectivity index (χ3v) is 5.46. The number of methoxy groups -OCH3 is 1. The zero-order chi connectivity index (χ0) is 21.5. The van der Waals surface area contributed by atoms with E-state index in [2.05, 4.69) is 58.7 Å². The number of anilines is 1. The molecule has 0 spiro atoms. The molecule has 0 aromatic heterocycles. The maximum atomic E-state index is 12.5. The molecule has 0 unspecified atom stereocenters. The standard InChI is InChI=1S/C23H30N4O3/c1-17-8-10-18(11-9-17)20(27-14-12-26(2)13-15-27)16-24-22(28)23(29)25-19-6-4-5-7-21(19)30-3/h4-11,20H,12-16H2,1-3H3,(H,24,28)(H,25,29)/t20-/m0/s1. The summed E-state index contributed by atoms with van der Waals surface area (Å²) in [5, 5.41) is 5.44. The van der Waals surface area contributed by atoms with E-state index >= 15 is 0 Å². The lowest BCUT2D eigenvalue weighted by atomic mass is 10.0. The first kappa shape index (κ1) is 21.8. The molecule has 1 aliphatic heterocycles. The Kier molecular flexibility index (Phi) is 7.43. The molecule has 3 rings (SSSR count). The smallest absolute Gasteiger partial charge is 0.313 e. The van der Waals surface area contributed by atoms with Crippen LogP contribution in [-0.4, -0.2) is 68.5 Å². The number of para-hydroxylation sites is 2. The first-order valence-electron chi connectivity index (χ1n) is 10.2. The lowest BCUT2D eigenvalue weighted by molar-refractivity contribution is -0.136. The van der Waals surface area contributed by atoms with Crippen LogP contribution in [0.3, 0.4) is 0 Å². The van der Waals surface area contributed by atoms with E-state index in [1.165, 1.54) is 12.7 Å². The van der Waals surface area contributed by atoms with Crippen molar-refractivity contribution in [2.75, 3.05) is 52.2 Å². The molecule has 1 saturated heterocycles. The molecule has 2 aromatic carbocycles. The van der Waals surface area contributed by atoms with Gasteiger partial charge >= 0.3 is 11.8 Å². The van der Waals surface area contributed by atoms with Crippen molar-refractivity contribution in [1.29, 1.82) is 0 Å². The van der Waals surface area contributed by atoms with E-state index in [1.807, 2.05) is 0 Å². The van der Waals surface area contributed by atoms with Crippen LogP contribution >= 0.6 is 0 Å². The molecule has 0 aliphatic carbocycles. The Labute approximate surface area is 178 Å². The Hall–Kier alpha value is -2.90. The van der Waals surface area contributed by atoms with Gasteiger partial charge in [-0.3, -0.25) is 14.5 Å². The van der Waals surface area contributed by atoms with Gasteiger partial charge < -0.3 is 20.3 Å². The number of rotatable bonds is 6. The van der Waals surface area contributed by atoms with E-state index in [4.69, 9.17) is 4.74 Å². The Morgan fingerprint density at radius 2 is 1.67 bits per heavy atom. The minimum Gasteiger partial charge on any atom is -0.495 e. The minimum atomic E-state index is -0.708. The molecule has 1 atom stereocenters. The molecule has 30 heavy (non-hydrogen) atoms. The summed E-state index contributed by atoms with van der Waals surface area (Å²) < 4.78 is 5.22. The molecule has 0 radical (unpaired) electrons. The molecule has 160 valence electrons. The van der Waals surface area contributed by atoms with Gasteiger partial charge in [-0.2, -0.15) is 0 Å². The third kappa shape index (κ3) is 5.58. The summed E-state index contributed by atoms with van der Waals surface area (Å²) in [6.07, 6.45) is 0. The van der Waals surface area contributed by atoms with Crippen molar-refractivity contribution in [2.45, 2.75) is 13.0 Å². The van der Waals surface area contributed by atoms with Gasteiger partial charge in [0.2, 0.25) is 0 Å². The average Bonchev–Trinajstić information content (AvgIpc) is 2.76. The fraction of sp³-hybridized carbons (Fsp3) is 0.391. The maximum Gasteiger partial charge on any atom is 0.313 e. The highest BCUT2D eigenvalue weighted by Gasteiger charge is 2.25. The van der Waals surface area contributed by atoms with Crippen LogP contribution in [0.2, 0.25) is 0 Å². The predicted molar refractivity (Wildman–Crippen MR) is 118 cm³/mol. The number of carbonyl (C=O) groups is 2. The first-order chi connectivity index (χ1) is 14.5. The van der Waals surface area contributed by atoms with Crippen LogP contribution in [-0.2, 0) is 9.59 Å². The molecule has 2 aromatic rings. The van der Waals surface area contributed by atoms with Gasteiger partial charge in [0.1, 0.15) is 5.75 Å².